The largest absolute Gasteiger partial charge is 0.494 e. The van der Waals surface area contributed by atoms with Gasteiger partial charge in [0.2, 0.25) is 5.91 Å². The van der Waals surface area contributed by atoms with Crippen LogP contribution in [0.1, 0.15) is 6.92 Å². The molecule has 1 aromatic rings. The Hall–Kier alpha value is -1.41. The lowest BCUT2D eigenvalue weighted by atomic mass is 10.2. The molecule has 0 fully saturated rings. The summed E-state index contributed by atoms with van der Waals surface area (Å²) in [7, 11) is -1.51. The lowest BCUT2D eigenvalue weighted by Gasteiger charge is -2.14. The van der Waals surface area contributed by atoms with Crippen molar-refractivity contribution in [1.29, 1.82) is 0 Å². The van der Waals surface area contributed by atoms with Crippen LogP contribution in [-0.4, -0.2) is 44.4 Å². The molecule has 1 amide bonds. The number of anilines is 2. The van der Waals surface area contributed by atoms with Crippen LogP contribution in [0.4, 0.5) is 11.4 Å². The number of carbonyl (C=O) groups is 1. The van der Waals surface area contributed by atoms with E-state index in [4.69, 9.17) is 10.5 Å². The second-order valence-corrected chi connectivity index (χ2v) is 8.30. The molecular formula is C13H20N2O4S2. The Morgan fingerprint density at radius 1 is 1.48 bits per heavy atom. The molecular weight excluding hydrogens is 312 g/mol. The number of nitrogens with two attached hydrogens (primary N) is 1. The van der Waals surface area contributed by atoms with Crippen LogP contribution < -0.4 is 15.8 Å². The summed E-state index contributed by atoms with van der Waals surface area (Å²) >= 11 is 1.29. The number of hydrogen-bond donors (Lipinski definition) is 2. The first-order valence-electron chi connectivity index (χ1n) is 6.26. The fraction of sp³-hybridized carbons (Fsp3) is 0.462. The standard InChI is InChI=1S/C13H20N2O4S2/c1-9(20-6-7-21(3,17)18)13(16)15-11-5-4-10(14)8-12(11)19-2/h4-5,8-9H,6-7,14H2,1-3H3,(H,15,16). The smallest absolute Gasteiger partial charge is 0.237 e. The Labute approximate surface area is 129 Å². The van der Waals surface area contributed by atoms with Crippen molar-refractivity contribution in [1.82, 2.24) is 0 Å². The number of benzene rings is 1. The summed E-state index contributed by atoms with van der Waals surface area (Å²) < 4.78 is 27.2. The fourth-order valence-corrected chi connectivity index (χ4v) is 3.66. The molecule has 8 heteroatoms. The molecule has 0 heterocycles. The molecule has 1 unspecified atom stereocenters. The second-order valence-electron chi connectivity index (χ2n) is 4.59. The van der Waals surface area contributed by atoms with E-state index in [0.717, 1.165) is 0 Å². The summed E-state index contributed by atoms with van der Waals surface area (Å²) in [6, 6.07) is 4.95. The quantitative estimate of drug-likeness (QED) is 0.732. The van der Waals surface area contributed by atoms with Crippen molar-refractivity contribution in [2.45, 2.75) is 12.2 Å². The number of hydrogen-bond acceptors (Lipinski definition) is 6. The van der Waals surface area contributed by atoms with E-state index in [-0.39, 0.29) is 16.9 Å². The highest BCUT2D eigenvalue weighted by molar-refractivity contribution is 8.01. The van der Waals surface area contributed by atoms with Gasteiger partial charge < -0.3 is 15.8 Å². The Kier molecular flexibility index (Phi) is 6.35. The van der Waals surface area contributed by atoms with E-state index in [1.54, 1.807) is 25.1 Å². The predicted octanol–water partition coefficient (Wildman–Crippen LogP) is 1.38. The van der Waals surface area contributed by atoms with Crippen molar-refractivity contribution in [2.75, 3.05) is 35.9 Å². The Bertz CT molecular complexity index is 602. The monoisotopic (exact) mass is 332 g/mol. The van der Waals surface area contributed by atoms with E-state index < -0.39 is 9.84 Å². The summed E-state index contributed by atoms with van der Waals surface area (Å²) in [5.41, 5.74) is 6.72. The van der Waals surface area contributed by atoms with Crippen LogP contribution in [-0.2, 0) is 14.6 Å². The molecule has 21 heavy (non-hydrogen) atoms. The average molecular weight is 332 g/mol. The zero-order valence-electron chi connectivity index (χ0n) is 12.3. The van der Waals surface area contributed by atoms with Crippen molar-refractivity contribution < 1.29 is 17.9 Å². The van der Waals surface area contributed by atoms with E-state index in [1.807, 2.05) is 0 Å². The minimum Gasteiger partial charge on any atom is -0.494 e. The van der Waals surface area contributed by atoms with E-state index in [2.05, 4.69) is 5.32 Å². The summed E-state index contributed by atoms with van der Waals surface area (Å²) in [6.07, 6.45) is 1.18. The van der Waals surface area contributed by atoms with Crippen LogP contribution >= 0.6 is 11.8 Å². The average Bonchev–Trinajstić information content (AvgIpc) is 2.39. The number of nitrogen functional groups attached to an aromatic ring is 1. The van der Waals surface area contributed by atoms with E-state index in [1.165, 1.54) is 25.1 Å². The maximum absolute atomic E-state index is 12.1. The highest BCUT2D eigenvalue weighted by atomic mass is 32.2. The van der Waals surface area contributed by atoms with Gasteiger partial charge in [0.15, 0.2) is 0 Å². The van der Waals surface area contributed by atoms with Gasteiger partial charge in [-0.2, -0.15) is 0 Å². The Morgan fingerprint density at radius 3 is 2.71 bits per heavy atom. The summed E-state index contributed by atoms with van der Waals surface area (Å²) in [6.45, 7) is 1.73. The second kappa shape index (κ2) is 7.56. The summed E-state index contributed by atoms with van der Waals surface area (Å²) in [5, 5.41) is 2.38. The fourth-order valence-electron chi connectivity index (χ4n) is 1.50. The van der Waals surface area contributed by atoms with Crippen LogP contribution in [0, 0.1) is 0 Å². The highest BCUT2D eigenvalue weighted by Gasteiger charge is 2.16. The van der Waals surface area contributed by atoms with Crippen molar-refractivity contribution in [2.24, 2.45) is 0 Å². The lowest BCUT2D eigenvalue weighted by molar-refractivity contribution is -0.115. The molecule has 0 spiro atoms. The summed E-state index contributed by atoms with van der Waals surface area (Å²) in [4.78, 5) is 12.1. The predicted molar refractivity (Wildman–Crippen MR) is 87.7 cm³/mol. The number of ether oxygens (including phenoxy) is 1. The van der Waals surface area contributed by atoms with Crippen molar-refractivity contribution in [3.8, 4) is 5.75 Å². The first kappa shape index (κ1) is 17.6. The normalized spacial score (nSPS) is 12.7. The molecule has 0 saturated carbocycles. The van der Waals surface area contributed by atoms with Gasteiger partial charge in [-0.3, -0.25) is 4.79 Å². The lowest BCUT2D eigenvalue weighted by Crippen LogP contribution is -2.24. The molecule has 6 nitrogen and oxygen atoms in total. The van der Waals surface area contributed by atoms with Crippen LogP contribution in [0.5, 0.6) is 5.75 Å². The van der Waals surface area contributed by atoms with Crippen molar-refractivity contribution >= 4 is 38.9 Å². The molecule has 3 N–H and O–H groups in total. The molecule has 0 saturated heterocycles. The van der Waals surface area contributed by atoms with Gasteiger partial charge >= 0.3 is 0 Å². The maximum atomic E-state index is 12.1. The topological polar surface area (TPSA) is 98.5 Å². The van der Waals surface area contributed by atoms with Gasteiger partial charge in [0, 0.05) is 23.8 Å². The third-order valence-corrected chi connectivity index (χ3v) is 5.03. The molecule has 0 aliphatic rings. The molecule has 0 aliphatic carbocycles. The van der Waals surface area contributed by atoms with Crippen LogP contribution in [0.2, 0.25) is 0 Å². The number of amides is 1. The third-order valence-electron chi connectivity index (χ3n) is 2.67. The minimum absolute atomic E-state index is 0.0560. The minimum atomic E-state index is -3.01. The SMILES string of the molecule is COc1cc(N)ccc1NC(=O)C(C)SCCS(C)(=O)=O. The van der Waals surface area contributed by atoms with Crippen LogP contribution in [0.15, 0.2) is 18.2 Å². The van der Waals surface area contributed by atoms with Gasteiger partial charge in [0.05, 0.1) is 23.8 Å². The molecule has 1 rings (SSSR count). The van der Waals surface area contributed by atoms with Gasteiger partial charge in [-0.25, -0.2) is 8.42 Å². The molecule has 0 radical (unpaired) electrons. The van der Waals surface area contributed by atoms with E-state index >= 15 is 0 Å². The first-order chi connectivity index (χ1) is 9.73. The van der Waals surface area contributed by atoms with E-state index in [0.29, 0.717) is 22.9 Å². The number of rotatable bonds is 7. The van der Waals surface area contributed by atoms with Crippen molar-refractivity contribution in [3.63, 3.8) is 0 Å². The Morgan fingerprint density at radius 2 is 2.14 bits per heavy atom. The van der Waals surface area contributed by atoms with Gasteiger partial charge in [-0.15, -0.1) is 11.8 Å². The molecule has 118 valence electrons. The molecule has 0 bridgehead atoms. The zero-order chi connectivity index (χ0) is 16.0. The number of sulfone groups is 1. The highest BCUT2D eigenvalue weighted by Crippen LogP contribution is 2.27. The third kappa shape index (κ3) is 6.26. The van der Waals surface area contributed by atoms with Gasteiger partial charge in [0.25, 0.3) is 0 Å². The molecule has 0 aliphatic heterocycles. The van der Waals surface area contributed by atoms with E-state index in [9.17, 15) is 13.2 Å². The number of thioether (sulfide) groups is 1. The van der Waals surface area contributed by atoms with Crippen molar-refractivity contribution in [3.05, 3.63) is 18.2 Å². The van der Waals surface area contributed by atoms with Gasteiger partial charge in [-0.05, 0) is 19.1 Å². The van der Waals surface area contributed by atoms with Crippen LogP contribution in [0.3, 0.4) is 0 Å². The van der Waals surface area contributed by atoms with Gasteiger partial charge in [0.1, 0.15) is 15.6 Å². The number of methoxy groups -OCH3 is 1. The maximum Gasteiger partial charge on any atom is 0.237 e. The Balaban J connectivity index is 2.60. The zero-order valence-corrected chi connectivity index (χ0v) is 13.9. The molecule has 1 aromatic carbocycles. The number of carbonyl (C=O) groups excluding carboxylic acids is 1. The number of nitrogens with one attached hydrogen (secondary N) is 1. The first-order valence-corrected chi connectivity index (χ1v) is 9.37. The molecule has 0 aromatic heterocycles. The summed E-state index contributed by atoms with van der Waals surface area (Å²) in [5.74, 6) is 0.709. The molecule has 1 atom stereocenters. The van der Waals surface area contributed by atoms with Crippen LogP contribution in [0.25, 0.3) is 0 Å². The van der Waals surface area contributed by atoms with Gasteiger partial charge in [-0.1, -0.05) is 0 Å².